The summed E-state index contributed by atoms with van der Waals surface area (Å²) >= 11 is 7.03. The molecule has 1 saturated heterocycles. The maximum absolute atomic E-state index is 5.50. The molecule has 0 aliphatic carbocycles. The Hall–Kier alpha value is -1.44. The lowest BCUT2D eigenvalue weighted by Crippen LogP contribution is -3.11. The first-order valence-electron chi connectivity index (χ1n) is 8.57. The van der Waals surface area contributed by atoms with Crippen molar-refractivity contribution in [2.24, 2.45) is 0 Å². The van der Waals surface area contributed by atoms with Crippen molar-refractivity contribution >= 4 is 34.4 Å². The summed E-state index contributed by atoms with van der Waals surface area (Å²) in [5, 5.41) is 8.84. The van der Waals surface area contributed by atoms with E-state index in [4.69, 9.17) is 17.0 Å². The summed E-state index contributed by atoms with van der Waals surface area (Å²) in [6.07, 6.45) is 6.72. The highest BCUT2D eigenvalue weighted by Gasteiger charge is 2.14. The van der Waals surface area contributed by atoms with E-state index in [1.807, 2.05) is 28.9 Å². The molecule has 0 amide bonds. The first-order valence-corrected chi connectivity index (χ1v) is 9.79. The average Bonchev–Trinajstić information content (AvgIpc) is 2.90. The predicted octanol–water partition coefficient (Wildman–Crippen LogP) is 3.23. The van der Waals surface area contributed by atoms with Crippen LogP contribution in [0, 0.1) is 3.95 Å². The van der Waals surface area contributed by atoms with E-state index in [1.54, 1.807) is 12.0 Å². The number of hydrogen-bond donors (Lipinski definition) is 2. The van der Waals surface area contributed by atoms with Crippen LogP contribution in [-0.2, 0) is 6.67 Å². The molecular weight excluding hydrogens is 340 g/mol. The van der Waals surface area contributed by atoms with Crippen molar-refractivity contribution in [1.82, 2.24) is 9.78 Å². The van der Waals surface area contributed by atoms with E-state index in [0.29, 0.717) is 0 Å². The van der Waals surface area contributed by atoms with Gasteiger partial charge in [0.1, 0.15) is 5.75 Å². The van der Waals surface area contributed by atoms with E-state index in [2.05, 4.69) is 10.4 Å². The predicted molar refractivity (Wildman–Crippen MR) is 101 cm³/mol. The number of hydrogen-bond acceptors (Lipinski definition) is 5. The fourth-order valence-corrected chi connectivity index (χ4v) is 4.06. The fraction of sp³-hybridized carbons (Fsp3) is 0.529. The molecule has 24 heavy (non-hydrogen) atoms. The lowest BCUT2D eigenvalue weighted by atomic mass is 10.1. The van der Waals surface area contributed by atoms with Crippen molar-refractivity contribution in [3.63, 3.8) is 0 Å². The zero-order chi connectivity index (χ0) is 16.8. The monoisotopic (exact) mass is 365 g/mol. The van der Waals surface area contributed by atoms with Crippen molar-refractivity contribution < 1.29 is 9.64 Å². The molecule has 130 valence electrons. The molecule has 1 aliphatic rings. The number of quaternary nitrogens is 1. The summed E-state index contributed by atoms with van der Waals surface area (Å²) in [6.45, 7) is 3.32. The Morgan fingerprint density at radius 3 is 2.50 bits per heavy atom. The summed E-state index contributed by atoms with van der Waals surface area (Å²) in [5.41, 5.74) is 0.991. The number of benzene rings is 1. The number of nitrogens with zero attached hydrogens (tertiary/aromatic N) is 2. The third-order valence-corrected chi connectivity index (χ3v) is 5.60. The molecule has 1 aromatic heterocycles. The number of rotatable bonds is 5. The second kappa shape index (κ2) is 8.60. The van der Waals surface area contributed by atoms with Crippen LogP contribution in [0.2, 0.25) is 0 Å². The summed E-state index contributed by atoms with van der Waals surface area (Å²) in [5.74, 6) is 0.847. The van der Waals surface area contributed by atoms with Gasteiger partial charge in [0.05, 0.1) is 20.2 Å². The van der Waals surface area contributed by atoms with Gasteiger partial charge in [-0.05, 0) is 62.2 Å². The molecule has 1 aliphatic heterocycles. The smallest absolute Gasteiger partial charge is 0.209 e. The van der Waals surface area contributed by atoms with Gasteiger partial charge in [-0.1, -0.05) is 17.8 Å². The molecule has 0 atom stereocenters. The van der Waals surface area contributed by atoms with Crippen LogP contribution in [0.3, 0.4) is 0 Å². The Morgan fingerprint density at radius 1 is 1.17 bits per heavy atom. The minimum atomic E-state index is 0.834. The quantitative estimate of drug-likeness (QED) is 0.799. The molecular formula is C17H25N4OS2+. The molecule has 0 unspecified atom stereocenters. The summed E-state index contributed by atoms with van der Waals surface area (Å²) in [7, 11) is 1.67. The van der Waals surface area contributed by atoms with Crippen LogP contribution >= 0.6 is 23.6 Å². The van der Waals surface area contributed by atoms with Gasteiger partial charge in [0.15, 0.2) is 10.6 Å². The van der Waals surface area contributed by atoms with Crippen molar-refractivity contribution in [2.45, 2.75) is 38.8 Å². The van der Waals surface area contributed by atoms with Gasteiger partial charge in [0.2, 0.25) is 5.13 Å². The van der Waals surface area contributed by atoms with Crippen molar-refractivity contribution in [1.29, 1.82) is 0 Å². The van der Waals surface area contributed by atoms with Gasteiger partial charge in [-0.25, -0.2) is 0 Å². The molecule has 5 nitrogen and oxygen atoms in total. The van der Waals surface area contributed by atoms with Gasteiger partial charge in [0, 0.05) is 5.69 Å². The highest BCUT2D eigenvalue weighted by molar-refractivity contribution is 7.73. The van der Waals surface area contributed by atoms with E-state index in [-0.39, 0.29) is 0 Å². The van der Waals surface area contributed by atoms with Crippen molar-refractivity contribution in [2.75, 3.05) is 25.5 Å². The summed E-state index contributed by atoms with van der Waals surface area (Å²) < 4.78 is 7.99. The minimum absolute atomic E-state index is 0.834. The van der Waals surface area contributed by atoms with Crippen LogP contribution in [0.5, 0.6) is 5.75 Å². The maximum atomic E-state index is 5.50. The Kier molecular flexibility index (Phi) is 6.23. The van der Waals surface area contributed by atoms with Gasteiger partial charge in [-0.15, -0.1) is 5.10 Å². The Morgan fingerprint density at radius 2 is 1.83 bits per heavy atom. The number of likely N-dealkylation sites (tertiary alicyclic amines) is 1. The Balaban J connectivity index is 1.64. The highest BCUT2D eigenvalue weighted by atomic mass is 32.1. The summed E-state index contributed by atoms with van der Waals surface area (Å²) in [6, 6.07) is 7.83. The molecule has 2 heterocycles. The van der Waals surface area contributed by atoms with Gasteiger partial charge >= 0.3 is 0 Å². The normalized spacial score (nSPS) is 16.4. The molecule has 2 N–H and O–H groups in total. The molecule has 7 heteroatoms. The zero-order valence-corrected chi connectivity index (χ0v) is 15.7. The van der Waals surface area contributed by atoms with Crippen LogP contribution in [0.15, 0.2) is 24.3 Å². The molecule has 3 rings (SSSR count). The topological polar surface area (TPSA) is 43.5 Å². The van der Waals surface area contributed by atoms with Crippen molar-refractivity contribution in [3.05, 3.63) is 28.2 Å². The average molecular weight is 366 g/mol. The van der Waals surface area contributed by atoms with E-state index >= 15 is 0 Å². The van der Waals surface area contributed by atoms with E-state index < -0.39 is 0 Å². The van der Waals surface area contributed by atoms with Gasteiger partial charge in [-0.3, -0.25) is 0 Å². The molecule has 1 fully saturated rings. The lowest BCUT2D eigenvalue weighted by Gasteiger charge is -2.21. The second-order valence-electron chi connectivity index (χ2n) is 6.20. The zero-order valence-electron chi connectivity index (χ0n) is 14.1. The summed E-state index contributed by atoms with van der Waals surface area (Å²) in [4.78, 5) is 1.59. The molecule has 1 aromatic carbocycles. The Labute approximate surface area is 152 Å². The van der Waals surface area contributed by atoms with Crippen LogP contribution in [-0.4, -0.2) is 30.0 Å². The van der Waals surface area contributed by atoms with Gasteiger partial charge in [0.25, 0.3) is 0 Å². The minimum Gasteiger partial charge on any atom is -0.497 e. The Bertz CT molecular complexity index is 687. The SMILES string of the molecule is COc1ccc(Nc2nn(C[NH+]3CCCCCCC3)c(=S)s2)cc1. The van der Waals surface area contributed by atoms with Crippen LogP contribution in [0.1, 0.15) is 32.1 Å². The van der Waals surface area contributed by atoms with Crippen LogP contribution in [0.25, 0.3) is 0 Å². The largest absolute Gasteiger partial charge is 0.497 e. The van der Waals surface area contributed by atoms with E-state index in [0.717, 1.165) is 27.2 Å². The molecule has 0 saturated carbocycles. The molecule has 2 aromatic rings. The number of nitrogens with one attached hydrogen (secondary N) is 2. The van der Waals surface area contributed by atoms with Gasteiger partial charge < -0.3 is 15.0 Å². The number of methoxy groups -OCH3 is 1. The third-order valence-electron chi connectivity index (χ3n) is 4.38. The first-order chi connectivity index (χ1) is 11.7. The van der Waals surface area contributed by atoms with Crippen molar-refractivity contribution in [3.8, 4) is 5.75 Å². The standard InChI is InChI=1S/C17H24N4OS2/c1-22-15-9-7-14(8-10-15)18-16-19-21(17(23)24-16)13-20-11-5-3-2-4-6-12-20/h7-10H,2-6,11-13H2,1H3,(H,18,19)/p+1. The van der Waals surface area contributed by atoms with E-state index in [1.165, 1.54) is 56.5 Å². The number of aromatic nitrogens is 2. The lowest BCUT2D eigenvalue weighted by molar-refractivity contribution is -0.924. The van der Waals surface area contributed by atoms with Crippen LogP contribution in [0.4, 0.5) is 10.8 Å². The third kappa shape index (κ3) is 4.78. The second-order valence-corrected chi connectivity index (χ2v) is 7.82. The number of anilines is 2. The highest BCUT2D eigenvalue weighted by Crippen LogP contribution is 2.22. The van der Waals surface area contributed by atoms with Crippen LogP contribution < -0.4 is 15.0 Å². The van der Waals surface area contributed by atoms with Gasteiger partial charge in [-0.2, -0.15) is 4.68 Å². The fourth-order valence-electron chi connectivity index (χ4n) is 3.03. The first kappa shape index (κ1) is 17.4. The molecule has 0 bridgehead atoms. The molecule has 0 radical (unpaired) electrons. The van der Waals surface area contributed by atoms with E-state index in [9.17, 15) is 0 Å². The molecule has 0 spiro atoms. The maximum Gasteiger partial charge on any atom is 0.209 e. The number of ether oxygens (including phenoxy) is 1.